The Bertz CT molecular complexity index is 535. The van der Waals surface area contributed by atoms with Gasteiger partial charge in [-0.3, -0.25) is 14.6 Å². The van der Waals surface area contributed by atoms with Crippen LogP contribution in [0.15, 0.2) is 24.5 Å². The van der Waals surface area contributed by atoms with Crippen molar-refractivity contribution in [2.75, 3.05) is 26.3 Å². The van der Waals surface area contributed by atoms with Crippen LogP contribution in [0, 0.1) is 5.92 Å². The molecule has 1 aromatic rings. The van der Waals surface area contributed by atoms with Gasteiger partial charge in [0.1, 0.15) is 0 Å². The molecule has 0 radical (unpaired) electrons. The van der Waals surface area contributed by atoms with Gasteiger partial charge in [0.15, 0.2) is 0 Å². The Morgan fingerprint density at radius 3 is 2.91 bits per heavy atom. The highest BCUT2D eigenvalue weighted by Crippen LogP contribution is 2.31. The number of amides is 2. The zero-order valence-electron chi connectivity index (χ0n) is 12.5. The molecule has 2 atom stereocenters. The molecular weight excluding hydrogens is 282 g/mol. The van der Waals surface area contributed by atoms with Crippen molar-refractivity contribution < 1.29 is 14.3 Å². The van der Waals surface area contributed by atoms with E-state index < -0.39 is 0 Å². The average molecular weight is 303 g/mol. The first-order chi connectivity index (χ1) is 10.8. The van der Waals surface area contributed by atoms with Crippen LogP contribution in [0.2, 0.25) is 0 Å². The Hall–Kier alpha value is -1.95. The fraction of sp³-hybridized carbons (Fsp3) is 0.562. The van der Waals surface area contributed by atoms with Crippen LogP contribution in [-0.4, -0.2) is 54.0 Å². The molecule has 0 aromatic carbocycles. The summed E-state index contributed by atoms with van der Waals surface area (Å²) in [6.45, 7) is 2.05. The topological polar surface area (TPSA) is 71.5 Å². The van der Waals surface area contributed by atoms with Crippen molar-refractivity contribution in [2.45, 2.75) is 25.3 Å². The molecule has 2 heterocycles. The van der Waals surface area contributed by atoms with Crippen LogP contribution in [0.4, 0.5) is 0 Å². The largest absolute Gasteiger partial charge is 0.378 e. The predicted octanol–water partition coefficient (Wildman–Crippen LogP) is 0.839. The molecule has 6 heteroatoms. The van der Waals surface area contributed by atoms with E-state index >= 15 is 0 Å². The lowest BCUT2D eigenvalue weighted by Gasteiger charge is -2.33. The molecule has 2 unspecified atom stereocenters. The maximum absolute atomic E-state index is 12.8. The monoisotopic (exact) mass is 303 g/mol. The van der Waals surface area contributed by atoms with E-state index in [-0.39, 0.29) is 23.8 Å². The minimum absolute atomic E-state index is 0.0395. The summed E-state index contributed by atoms with van der Waals surface area (Å²) in [5, 5.41) is 2.91. The van der Waals surface area contributed by atoms with Gasteiger partial charge in [-0.15, -0.1) is 0 Å². The van der Waals surface area contributed by atoms with E-state index in [1.165, 1.54) is 0 Å². The summed E-state index contributed by atoms with van der Waals surface area (Å²) in [6, 6.07) is 3.39. The second-order valence-corrected chi connectivity index (χ2v) is 5.74. The number of carbonyl (C=O) groups is 2. The predicted molar refractivity (Wildman–Crippen MR) is 80.2 cm³/mol. The van der Waals surface area contributed by atoms with Gasteiger partial charge in [-0.05, 0) is 25.0 Å². The second kappa shape index (κ2) is 6.87. The van der Waals surface area contributed by atoms with Gasteiger partial charge in [0, 0.05) is 37.1 Å². The molecule has 2 fully saturated rings. The zero-order valence-corrected chi connectivity index (χ0v) is 12.5. The van der Waals surface area contributed by atoms with E-state index in [1.54, 1.807) is 24.5 Å². The van der Waals surface area contributed by atoms with E-state index in [0.717, 1.165) is 19.3 Å². The van der Waals surface area contributed by atoms with Crippen molar-refractivity contribution in [2.24, 2.45) is 5.92 Å². The molecule has 1 aromatic heterocycles. The minimum Gasteiger partial charge on any atom is -0.378 e. The summed E-state index contributed by atoms with van der Waals surface area (Å²) in [5.41, 5.74) is 0.609. The number of rotatable bonds is 1. The maximum Gasteiger partial charge on any atom is 0.254 e. The maximum atomic E-state index is 12.8. The molecule has 0 bridgehead atoms. The van der Waals surface area contributed by atoms with Crippen LogP contribution in [0.5, 0.6) is 0 Å². The highest BCUT2D eigenvalue weighted by Gasteiger charge is 2.39. The van der Waals surface area contributed by atoms with Crippen molar-refractivity contribution in [1.82, 2.24) is 15.2 Å². The van der Waals surface area contributed by atoms with E-state index in [4.69, 9.17) is 4.74 Å². The van der Waals surface area contributed by atoms with Gasteiger partial charge in [-0.2, -0.15) is 0 Å². The average Bonchev–Trinajstić information content (AvgIpc) is 3.03. The molecule has 6 nitrogen and oxygen atoms in total. The van der Waals surface area contributed by atoms with Gasteiger partial charge >= 0.3 is 0 Å². The molecule has 1 saturated heterocycles. The number of nitrogens with zero attached hydrogens (tertiary/aromatic N) is 2. The molecule has 1 aliphatic heterocycles. The molecule has 118 valence electrons. The number of hydrogen-bond acceptors (Lipinski definition) is 4. The molecule has 22 heavy (non-hydrogen) atoms. The Kier molecular flexibility index (Phi) is 4.68. The zero-order chi connectivity index (χ0) is 15.4. The minimum atomic E-state index is -0.108. The van der Waals surface area contributed by atoms with Gasteiger partial charge in [0.25, 0.3) is 5.91 Å². The molecule has 1 aliphatic carbocycles. The third-order valence-electron chi connectivity index (χ3n) is 4.43. The van der Waals surface area contributed by atoms with Gasteiger partial charge in [0.05, 0.1) is 19.1 Å². The van der Waals surface area contributed by atoms with Gasteiger partial charge in [0.2, 0.25) is 5.91 Å². The van der Waals surface area contributed by atoms with Crippen LogP contribution < -0.4 is 5.32 Å². The van der Waals surface area contributed by atoms with Crippen LogP contribution in [0.1, 0.15) is 29.6 Å². The van der Waals surface area contributed by atoms with E-state index in [9.17, 15) is 9.59 Å². The van der Waals surface area contributed by atoms with Gasteiger partial charge in [-0.1, -0.05) is 6.42 Å². The van der Waals surface area contributed by atoms with Crippen LogP contribution >= 0.6 is 0 Å². The number of pyridine rings is 1. The second-order valence-electron chi connectivity index (χ2n) is 5.74. The number of aromatic nitrogens is 1. The Labute approximate surface area is 129 Å². The first-order valence-electron chi connectivity index (χ1n) is 7.84. The molecule has 0 spiro atoms. The Balaban J connectivity index is 1.85. The lowest BCUT2D eigenvalue weighted by molar-refractivity contribution is -0.126. The Morgan fingerprint density at radius 1 is 1.27 bits per heavy atom. The summed E-state index contributed by atoms with van der Waals surface area (Å²) in [5.74, 6) is -0.110. The quantitative estimate of drug-likeness (QED) is 0.834. The number of carbonyl (C=O) groups excluding carboxylic acids is 2. The summed E-state index contributed by atoms with van der Waals surface area (Å²) < 4.78 is 5.50. The van der Waals surface area contributed by atoms with Crippen molar-refractivity contribution >= 4 is 11.8 Å². The highest BCUT2D eigenvalue weighted by molar-refractivity contribution is 5.94. The molecule has 1 saturated carbocycles. The molecule has 2 amide bonds. The number of hydrogen-bond donors (Lipinski definition) is 1. The molecule has 1 N–H and O–H groups in total. The van der Waals surface area contributed by atoms with E-state index in [1.807, 2.05) is 4.90 Å². The van der Waals surface area contributed by atoms with Crippen molar-refractivity contribution in [3.63, 3.8) is 0 Å². The van der Waals surface area contributed by atoms with Gasteiger partial charge in [-0.25, -0.2) is 0 Å². The molecular formula is C16H21N3O3. The van der Waals surface area contributed by atoms with E-state index in [0.29, 0.717) is 31.9 Å². The highest BCUT2D eigenvalue weighted by atomic mass is 16.5. The van der Waals surface area contributed by atoms with Gasteiger partial charge < -0.3 is 15.0 Å². The van der Waals surface area contributed by atoms with E-state index in [2.05, 4.69) is 10.3 Å². The van der Waals surface area contributed by atoms with Crippen molar-refractivity contribution in [3.05, 3.63) is 30.1 Å². The molecule has 2 aliphatic rings. The summed E-state index contributed by atoms with van der Waals surface area (Å²) >= 11 is 0. The normalized spacial score (nSPS) is 26.2. The third-order valence-corrected chi connectivity index (χ3v) is 4.43. The first kappa shape index (κ1) is 15.0. The van der Waals surface area contributed by atoms with Crippen molar-refractivity contribution in [3.8, 4) is 0 Å². The lowest BCUT2D eigenvalue weighted by atomic mass is 10.00. The fourth-order valence-electron chi connectivity index (χ4n) is 3.34. The number of nitrogens with one attached hydrogen (secondary N) is 1. The number of ether oxygens (including phenoxy) is 1. The number of fused-ring (bicyclic) bond motifs is 1. The smallest absolute Gasteiger partial charge is 0.254 e. The fourth-order valence-corrected chi connectivity index (χ4v) is 3.34. The van der Waals surface area contributed by atoms with Crippen LogP contribution in [0.25, 0.3) is 0 Å². The SMILES string of the molecule is O=C1NCCOCCN(C(=O)c2ccncc2)C2CCCC12. The van der Waals surface area contributed by atoms with Crippen LogP contribution in [0.3, 0.4) is 0 Å². The van der Waals surface area contributed by atoms with Crippen molar-refractivity contribution in [1.29, 1.82) is 0 Å². The summed E-state index contributed by atoms with van der Waals surface area (Å²) in [7, 11) is 0. The summed E-state index contributed by atoms with van der Waals surface area (Å²) in [6.07, 6.45) is 5.92. The first-order valence-corrected chi connectivity index (χ1v) is 7.84. The summed E-state index contributed by atoms with van der Waals surface area (Å²) in [4.78, 5) is 30.9. The lowest BCUT2D eigenvalue weighted by Crippen LogP contribution is -2.49. The standard InChI is InChI=1S/C16H21N3O3/c20-15-13-2-1-3-14(13)19(9-11-22-10-8-18-15)16(21)12-4-6-17-7-5-12/h4-7,13-14H,1-3,8-11H2,(H,18,20). The molecule has 3 rings (SSSR count). The third kappa shape index (κ3) is 3.11. The Morgan fingerprint density at radius 2 is 2.09 bits per heavy atom. The van der Waals surface area contributed by atoms with Crippen LogP contribution in [-0.2, 0) is 9.53 Å².